The van der Waals surface area contributed by atoms with Gasteiger partial charge in [-0.2, -0.15) is 0 Å². The third kappa shape index (κ3) is 5.11. The topological polar surface area (TPSA) is 55.8 Å². The Bertz CT molecular complexity index is 740. The molecule has 0 radical (unpaired) electrons. The van der Waals surface area contributed by atoms with Crippen molar-refractivity contribution < 1.29 is 17.9 Å². The van der Waals surface area contributed by atoms with Crippen molar-refractivity contribution in [2.75, 3.05) is 26.4 Å². The van der Waals surface area contributed by atoms with E-state index >= 15 is 0 Å². The van der Waals surface area contributed by atoms with E-state index in [1.165, 1.54) is 4.31 Å². The summed E-state index contributed by atoms with van der Waals surface area (Å²) in [6.07, 6.45) is 5.04. The molecule has 0 unspecified atom stereocenters. The van der Waals surface area contributed by atoms with Crippen molar-refractivity contribution >= 4 is 16.1 Å². The first-order valence-corrected chi connectivity index (χ1v) is 10.6. The normalized spacial score (nSPS) is 15.3. The molecule has 0 aliphatic carbocycles. The number of benzene rings is 1. The molecule has 6 heteroatoms. The predicted octanol–water partition coefficient (Wildman–Crippen LogP) is 4.18. The summed E-state index contributed by atoms with van der Waals surface area (Å²) in [7, 11) is -3.58. The van der Waals surface area contributed by atoms with Gasteiger partial charge in [-0.25, -0.2) is 8.42 Å². The standard InChI is InChI=1S/C20H29NO4S/c1-4-6-13-24-14-9-12-21-19(15-17(3)25-5-2)16-18-10-7-8-11-20(18)26(21,22)23/h7-8,10-11,16H,3-6,9,12-15H2,1-2H3. The van der Waals surface area contributed by atoms with Crippen LogP contribution < -0.4 is 0 Å². The number of rotatable bonds is 11. The highest BCUT2D eigenvalue weighted by Crippen LogP contribution is 2.33. The molecule has 0 saturated heterocycles. The molecule has 144 valence electrons. The fourth-order valence-corrected chi connectivity index (χ4v) is 4.59. The number of hydrogen-bond donors (Lipinski definition) is 0. The van der Waals surface area contributed by atoms with Crippen LogP contribution in [0.1, 0.15) is 45.1 Å². The first-order valence-electron chi connectivity index (χ1n) is 9.21. The molecule has 0 bridgehead atoms. The Labute approximate surface area is 157 Å². The Morgan fingerprint density at radius 1 is 1.15 bits per heavy atom. The van der Waals surface area contributed by atoms with Crippen LogP contribution in [0.5, 0.6) is 0 Å². The van der Waals surface area contributed by atoms with E-state index in [0.717, 1.165) is 19.4 Å². The second-order valence-electron chi connectivity index (χ2n) is 6.22. The fourth-order valence-electron chi connectivity index (χ4n) is 2.88. The maximum atomic E-state index is 13.1. The molecule has 0 amide bonds. The Balaban J connectivity index is 2.17. The molecule has 26 heavy (non-hydrogen) atoms. The molecule has 5 nitrogen and oxygen atoms in total. The lowest BCUT2D eigenvalue weighted by molar-refractivity contribution is 0.126. The van der Waals surface area contributed by atoms with E-state index in [1.54, 1.807) is 12.1 Å². The highest BCUT2D eigenvalue weighted by molar-refractivity contribution is 7.89. The second kappa shape index (κ2) is 9.78. The molecule has 0 aromatic heterocycles. The van der Waals surface area contributed by atoms with Gasteiger partial charge in [0.05, 0.1) is 17.3 Å². The van der Waals surface area contributed by atoms with Crippen molar-refractivity contribution in [1.82, 2.24) is 4.31 Å². The lowest BCUT2D eigenvalue weighted by atomic mass is 10.1. The van der Waals surface area contributed by atoms with E-state index in [0.29, 0.717) is 54.5 Å². The third-order valence-corrected chi connectivity index (χ3v) is 6.07. The summed E-state index contributed by atoms with van der Waals surface area (Å²) in [5.74, 6) is 0.567. The minimum absolute atomic E-state index is 0.345. The number of ether oxygens (including phenoxy) is 2. The van der Waals surface area contributed by atoms with Crippen LogP contribution in [0.25, 0.3) is 6.08 Å². The minimum atomic E-state index is -3.58. The summed E-state index contributed by atoms with van der Waals surface area (Å²) in [5.41, 5.74) is 1.40. The Kier molecular flexibility index (Phi) is 7.72. The van der Waals surface area contributed by atoms with E-state index in [-0.39, 0.29) is 0 Å². The van der Waals surface area contributed by atoms with Gasteiger partial charge in [-0.3, -0.25) is 4.31 Å². The van der Waals surface area contributed by atoms with Gasteiger partial charge in [0, 0.05) is 31.9 Å². The van der Waals surface area contributed by atoms with Crippen LogP contribution in [-0.2, 0) is 19.5 Å². The SMILES string of the molecule is C=C(CC1=Cc2ccccc2S(=O)(=O)N1CCCOCCCC)OCC. The first-order chi connectivity index (χ1) is 12.5. The minimum Gasteiger partial charge on any atom is -0.498 e. The molecule has 1 aliphatic rings. The van der Waals surface area contributed by atoms with Crippen molar-refractivity contribution in [2.45, 2.75) is 44.4 Å². The Hall–Kier alpha value is -1.79. The average molecular weight is 380 g/mol. The number of fused-ring (bicyclic) bond motifs is 1. The zero-order valence-electron chi connectivity index (χ0n) is 15.7. The molecule has 1 aromatic carbocycles. The molecule has 0 saturated carbocycles. The molecular formula is C20H29NO4S. The number of hydrogen-bond acceptors (Lipinski definition) is 4. The molecule has 1 aromatic rings. The summed E-state index contributed by atoms with van der Waals surface area (Å²) >= 11 is 0. The Morgan fingerprint density at radius 3 is 2.62 bits per heavy atom. The van der Waals surface area contributed by atoms with Crippen molar-refractivity contribution in [1.29, 1.82) is 0 Å². The molecule has 1 heterocycles. The van der Waals surface area contributed by atoms with Gasteiger partial charge in [-0.1, -0.05) is 38.1 Å². The molecule has 0 N–H and O–H groups in total. The fraction of sp³-hybridized carbons (Fsp3) is 0.500. The molecular weight excluding hydrogens is 350 g/mol. The summed E-state index contributed by atoms with van der Waals surface area (Å²) in [4.78, 5) is 0.345. The van der Waals surface area contributed by atoms with Gasteiger partial charge in [-0.15, -0.1) is 0 Å². The van der Waals surface area contributed by atoms with E-state index in [4.69, 9.17) is 9.47 Å². The smallest absolute Gasteiger partial charge is 0.264 e. The van der Waals surface area contributed by atoms with Crippen LogP contribution in [0.2, 0.25) is 0 Å². The van der Waals surface area contributed by atoms with Crippen LogP contribution in [0.15, 0.2) is 47.2 Å². The van der Waals surface area contributed by atoms with E-state index in [2.05, 4.69) is 13.5 Å². The van der Waals surface area contributed by atoms with Crippen LogP contribution in [-0.4, -0.2) is 39.1 Å². The highest BCUT2D eigenvalue weighted by Gasteiger charge is 2.32. The zero-order chi connectivity index (χ0) is 19.0. The number of nitrogens with zero attached hydrogens (tertiary/aromatic N) is 1. The lowest BCUT2D eigenvalue weighted by Crippen LogP contribution is -2.35. The van der Waals surface area contributed by atoms with Crippen LogP contribution in [0.4, 0.5) is 0 Å². The highest BCUT2D eigenvalue weighted by atomic mass is 32.2. The van der Waals surface area contributed by atoms with Crippen molar-refractivity contribution in [3.05, 3.63) is 47.9 Å². The molecule has 0 fully saturated rings. The number of sulfonamides is 1. The van der Waals surface area contributed by atoms with Gasteiger partial charge >= 0.3 is 0 Å². The van der Waals surface area contributed by atoms with Crippen molar-refractivity contribution in [2.24, 2.45) is 0 Å². The van der Waals surface area contributed by atoms with Crippen molar-refractivity contribution in [3.63, 3.8) is 0 Å². The first kappa shape index (κ1) is 20.5. The molecule has 0 atom stereocenters. The van der Waals surface area contributed by atoms with Gasteiger partial charge in [0.2, 0.25) is 0 Å². The van der Waals surface area contributed by atoms with Gasteiger partial charge in [0.25, 0.3) is 10.0 Å². The zero-order valence-corrected chi connectivity index (χ0v) is 16.6. The maximum absolute atomic E-state index is 13.1. The van der Waals surface area contributed by atoms with Gasteiger partial charge < -0.3 is 9.47 Å². The van der Waals surface area contributed by atoms with Crippen LogP contribution in [0.3, 0.4) is 0 Å². The quantitative estimate of drug-likeness (QED) is 0.427. The van der Waals surface area contributed by atoms with E-state index < -0.39 is 10.0 Å². The monoisotopic (exact) mass is 379 g/mol. The largest absolute Gasteiger partial charge is 0.498 e. The van der Waals surface area contributed by atoms with Gasteiger partial charge in [-0.05, 0) is 37.5 Å². The molecule has 2 rings (SSSR count). The average Bonchev–Trinajstić information content (AvgIpc) is 2.60. The van der Waals surface area contributed by atoms with Crippen LogP contribution in [0, 0.1) is 0 Å². The lowest BCUT2D eigenvalue weighted by Gasteiger charge is -2.31. The van der Waals surface area contributed by atoms with Crippen molar-refractivity contribution in [3.8, 4) is 0 Å². The summed E-state index contributed by atoms with van der Waals surface area (Å²) in [5, 5.41) is 0. The van der Waals surface area contributed by atoms with Crippen LogP contribution >= 0.6 is 0 Å². The summed E-state index contributed by atoms with van der Waals surface area (Å²) in [6.45, 7) is 10.1. The Morgan fingerprint density at radius 2 is 1.88 bits per heavy atom. The molecule has 0 spiro atoms. The third-order valence-electron chi connectivity index (χ3n) is 4.15. The van der Waals surface area contributed by atoms with E-state index in [9.17, 15) is 8.42 Å². The number of unbranched alkanes of at least 4 members (excludes halogenated alkanes) is 1. The van der Waals surface area contributed by atoms with Gasteiger partial charge in [0.1, 0.15) is 0 Å². The summed E-state index contributed by atoms with van der Waals surface area (Å²) < 4.78 is 38.7. The van der Waals surface area contributed by atoms with E-state index in [1.807, 2.05) is 25.1 Å². The maximum Gasteiger partial charge on any atom is 0.264 e. The predicted molar refractivity (Wildman–Crippen MR) is 104 cm³/mol. The molecule has 1 aliphatic heterocycles. The second-order valence-corrected chi connectivity index (χ2v) is 8.05. The summed E-state index contributed by atoms with van der Waals surface area (Å²) in [6, 6.07) is 7.07. The van der Waals surface area contributed by atoms with Gasteiger partial charge in [0.15, 0.2) is 0 Å².